The van der Waals surface area contributed by atoms with Crippen LogP contribution in [0, 0.1) is 0 Å². The molecular weight excluding hydrogens is 513 g/mol. The van der Waals surface area contributed by atoms with Crippen LogP contribution in [-0.2, 0) is 6.18 Å². The number of aromatic nitrogens is 3. The molecule has 1 amide bonds. The van der Waals surface area contributed by atoms with E-state index in [1.165, 1.54) is 11.3 Å². The highest BCUT2D eigenvalue weighted by molar-refractivity contribution is 7.15. The van der Waals surface area contributed by atoms with Gasteiger partial charge in [0.05, 0.1) is 18.9 Å². The van der Waals surface area contributed by atoms with Gasteiger partial charge in [0.2, 0.25) is 0 Å². The second-order valence-corrected chi connectivity index (χ2v) is 9.86. The number of fused-ring (bicyclic) bond motifs is 1. The van der Waals surface area contributed by atoms with Crippen LogP contribution in [0.3, 0.4) is 0 Å². The summed E-state index contributed by atoms with van der Waals surface area (Å²) in [6.45, 7) is 0. The minimum atomic E-state index is -4.58. The molecule has 0 aliphatic heterocycles. The highest BCUT2D eigenvalue weighted by Crippen LogP contribution is 2.36. The number of halogens is 3. The summed E-state index contributed by atoms with van der Waals surface area (Å²) >= 11 is 2.05. The van der Waals surface area contributed by atoms with Crippen LogP contribution >= 0.6 is 22.7 Å². The third kappa shape index (κ3) is 4.96. The van der Waals surface area contributed by atoms with E-state index >= 15 is 0 Å². The molecule has 0 atom stereocenters. The van der Waals surface area contributed by atoms with Gasteiger partial charge in [-0.05, 0) is 43.9 Å². The van der Waals surface area contributed by atoms with E-state index in [0.717, 1.165) is 36.6 Å². The lowest BCUT2D eigenvalue weighted by atomic mass is 10.1. The Bertz CT molecular complexity index is 1420. The number of hydrogen-bond acceptors (Lipinski definition) is 7. The molecule has 0 bridgehead atoms. The number of imidazole rings is 1. The molecule has 4 aromatic rings. The number of carbonyl (C=O) groups excluding carboxylic acids is 1. The summed E-state index contributed by atoms with van der Waals surface area (Å²) in [6.07, 6.45) is 4.91. The molecule has 1 fully saturated rings. The van der Waals surface area contributed by atoms with Crippen LogP contribution in [0.25, 0.3) is 17.1 Å². The van der Waals surface area contributed by atoms with Crippen LogP contribution in [0.2, 0.25) is 0 Å². The lowest BCUT2D eigenvalue weighted by Crippen LogP contribution is -2.15. The van der Waals surface area contributed by atoms with Crippen LogP contribution in [-0.4, -0.2) is 33.5 Å². The summed E-state index contributed by atoms with van der Waals surface area (Å²) in [5, 5.41) is 4.96. The molecule has 0 radical (unpaired) electrons. The molecule has 0 saturated heterocycles. The first-order chi connectivity index (χ1) is 17.3. The van der Waals surface area contributed by atoms with Crippen molar-refractivity contribution in [3.05, 3.63) is 57.8 Å². The van der Waals surface area contributed by atoms with Crippen LogP contribution in [0.1, 0.15) is 53.1 Å². The molecule has 1 N–H and O–H groups in total. The van der Waals surface area contributed by atoms with E-state index in [0.29, 0.717) is 33.5 Å². The Balaban J connectivity index is 1.46. The molecule has 0 unspecified atom stereocenters. The second kappa shape index (κ2) is 9.94. The smallest absolute Gasteiger partial charge is 0.434 e. The van der Waals surface area contributed by atoms with Crippen molar-refractivity contribution in [2.75, 3.05) is 12.4 Å². The minimum absolute atomic E-state index is 0.118. The number of thiazole rings is 2. The Morgan fingerprint density at radius 2 is 2.00 bits per heavy atom. The van der Waals surface area contributed by atoms with Gasteiger partial charge in [0.1, 0.15) is 5.69 Å². The number of hydrogen-bond donors (Lipinski definition) is 1. The van der Waals surface area contributed by atoms with E-state index in [1.807, 2.05) is 18.2 Å². The molecule has 1 aliphatic carbocycles. The van der Waals surface area contributed by atoms with Gasteiger partial charge < -0.3 is 9.47 Å². The average Bonchev–Trinajstić information content (AvgIpc) is 3.62. The largest absolute Gasteiger partial charge is 0.493 e. The normalized spacial score (nSPS) is 14.7. The lowest BCUT2D eigenvalue weighted by molar-refractivity contribution is -0.140. The van der Waals surface area contributed by atoms with Gasteiger partial charge in [-0.3, -0.25) is 14.5 Å². The number of anilines is 1. The summed E-state index contributed by atoms with van der Waals surface area (Å²) in [5.74, 6) is 0.617. The van der Waals surface area contributed by atoms with Gasteiger partial charge in [-0.15, -0.1) is 22.7 Å². The number of rotatable bonds is 7. The molecule has 3 aromatic heterocycles. The molecular formula is C24H21F3N4O3S2. The molecule has 36 heavy (non-hydrogen) atoms. The average molecular weight is 535 g/mol. The van der Waals surface area contributed by atoms with Crippen molar-refractivity contribution >= 4 is 50.8 Å². The maximum Gasteiger partial charge on any atom is 0.434 e. The van der Waals surface area contributed by atoms with Crippen LogP contribution in [0.5, 0.6) is 11.5 Å². The molecule has 7 nitrogen and oxygen atoms in total. The summed E-state index contributed by atoms with van der Waals surface area (Å²) in [4.78, 5) is 21.7. The number of nitrogens with zero attached hydrogens (tertiary/aromatic N) is 3. The number of alkyl halides is 3. The monoisotopic (exact) mass is 534 g/mol. The standard InChI is InChI=1S/C24H21F3N4O3S2/c1-33-17-8-4-5-14(20(17)34-15-6-2-3-7-15)9-10-16-19(31-11-12-35-23(31)28-16)21(32)30-22-29-18(13-36-22)24(25,26)27/h4-5,8-13,15H,2-3,6-7H2,1H3,(H,29,30,32). The van der Waals surface area contributed by atoms with Crippen molar-refractivity contribution in [2.45, 2.75) is 38.0 Å². The first-order valence-corrected chi connectivity index (χ1v) is 12.9. The molecule has 0 spiro atoms. The van der Waals surface area contributed by atoms with Gasteiger partial charge in [-0.2, -0.15) is 13.2 Å². The zero-order valence-corrected chi connectivity index (χ0v) is 20.7. The fourth-order valence-corrected chi connectivity index (χ4v) is 5.49. The third-order valence-electron chi connectivity index (χ3n) is 5.76. The van der Waals surface area contributed by atoms with Crippen molar-refractivity contribution in [3.8, 4) is 11.5 Å². The van der Waals surface area contributed by atoms with Crippen molar-refractivity contribution in [1.29, 1.82) is 0 Å². The van der Waals surface area contributed by atoms with Crippen LogP contribution in [0.15, 0.2) is 35.2 Å². The van der Waals surface area contributed by atoms with Gasteiger partial charge in [0, 0.05) is 22.5 Å². The maximum atomic E-state index is 13.1. The maximum absolute atomic E-state index is 13.1. The molecule has 1 aromatic carbocycles. The lowest BCUT2D eigenvalue weighted by Gasteiger charge is -2.18. The number of methoxy groups -OCH3 is 1. The highest BCUT2D eigenvalue weighted by atomic mass is 32.1. The van der Waals surface area contributed by atoms with Gasteiger partial charge in [-0.25, -0.2) is 9.97 Å². The molecule has 1 saturated carbocycles. The number of nitrogens with one attached hydrogen (secondary N) is 1. The van der Waals surface area contributed by atoms with Gasteiger partial charge in [0.25, 0.3) is 5.91 Å². The van der Waals surface area contributed by atoms with Gasteiger partial charge in [-0.1, -0.05) is 12.1 Å². The van der Waals surface area contributed by atoms with Crippen LogP contribution in [0.4, 0.5) is 18.3 Å². The Morgan fingerprint density at radius 3 is 2.72 bits per heavy atom. The van der Waals surface area contributed by atoms with E-state index in [-0.39, 0.29) is 16.9 Å². The number of para-hydroxylation sites is 1. The number of benzene rings is 1. The number of ether oxygens (including phenoxy) is 2. The first kappa shape index (κ1) is 24.3. The van der Waals surface area contributed by atoms with E-state index in [9.17, 15) is 18.0 Å². The minimum Gasteiger partial charge on any atom is -0.493 e. The van der Waals surface area contributed by atoms with Gasteiger partial charge >= 0.3 is 6.18 Å². The Kier molecular flexibility index (Phi) is 6.71. The summed E-state index contributed by atoms with van der Waals surface area (Å²) in [5.41, 5.74) is 0.261. The Hall–Kier alpha value is -3.38. The highest BCUT2D eigenvalue weighted by Gasteiger charge is 2.34. The van der Waals surface area contributed by atoms with Crippen molar-refractivity contribution in [3.63, 3.8) is 0 Å². The SMILES string of the molecule is COc1cccc(C=Cc2nc3sccn3c2C(=O)Nc2nc(C(F)(F)F)cs2)c1OC1CCCC1. The summed E-state index contributed by atoms with van der Waals surface area (Å²) < 4.78 is 52.1. The topological polar surface area (TPSA) is 77.8 Å². The first-order valence-electron chi connectivity index (χ1n) is 11.1. The van der Waals surface area contributed by atoms with E-state index in [1.54, 1.807) is 35.2 Å². The predicted octanol–water partition coefficient (Wildman–Crippen LogP) is 6.62. The summed E-state index contributed by atoms with van der Waals surface area (Å²) in [6, 6.07) is 5.56. The van der Waals surface area contributed by atoms with Crippen LogP contribution < -0.4 is 14.8 Å². The van der Waals surface area contributed by atoms with E-state index in [2.05, 4.69) is 15.3 Å². The summed E-state index contributed by atoms with van der Waals surface area (Å²) in [7, 11) is 1.58. The van der Waals surface area contributed by atoms with Gasteiger partial charge in [0.15, 0.2) is 27.3 Å². The Morgan fingerprint density at radius 1 is 1.19 bits per heavy atom. The predicted molar refractivity (Wildman–Crippen MR) is 133 cm³/mol. The number of amides is 1. The van der Waals surface area contributed by atoms with E-state index in [4.69, 9.17) is 9.47 Å². The second-order valence-electron chi connectivity index (χ2n) is 8.13. The molecule has 12 heteroatoms. The third-order valence-corrected chi connectivity index (χ3v) is 7.27. The number of carbonyl (C=O) groups is 1. The molecule has 188 valence electrons. The fraction of sp³-hybridized carbons (Fsp3) is 0.292. The van der Waals surface area contributed by atoms with Crippen molar-refractivity contribution < 1.29 is 27.4 Å². The van der Waals surface area contributed by atoms with E-state index < -0.39 is 17.8 Å². The molecule has 1 aliphatic rings. The Labute approximate surface area is 212 Å². The zero-order chi connectivity index (χ0) is 25.3. The quantitative estimate of drug-likeness (QED) is 0.288. The van der Waals surface area contributed by atoms with Crippen molar-refractivity contribution in [1.82, 2.24) is 14.4 Å². The zero-order valence-electron chi connectivity index (χ0n) is 19.0. The molecule has 3 heterocycles. The molecule has 5 rings (SSSR count). The van der Waals surface area contributed by atoms with Crippen molar-refractivity contribution in [2.24, 2.45) is 0 Å². The fourth-order valence-electron chi connectivity index (χ4n) is 4.05.